The molecule has 0 N–H and O–H groups in total. The zero-order valence-corrected chi connectivity index (χ0v) is 12.5. The highest BCUT2D eigenvalue weighted by atomic mass is 32.2. The highest BCUT2D eigenvalue weighted by Crippen LogP contribution is 2.52. The Bertz CT molecular complexity index is 748. The third-order valence-electron chi connectivity index (χ3n) is 4.06. The van der Waals surface area contributed by atoms with Crippen LogP contribution in [-0.4, -0.2) is 20.0 Å². The number of carbonyl (C=O) groups excluding carboxylic acids is 1. The van der Waals surface area contributed by atoms with Crippen LogP contribution in [0.15, 0.2) is 59.5 Å². The number of hydrogen-bond acceptors (Lipinski definition) is 3. The fourth-order valence-corrected chi connectivity index (χ4v) is 4.95. The van der Waals surface area contributed by atoms with Gasteiger partial charge in [-0.3, -0.25) is 0 Å². The summed E-state index contributed by atoms with van der Waals surface area (Å²) in [6.45, 7) is 1.91. The summed E-state index contributed by atoms with van der Waals surface area (Å²) < 4.78 is 25.4. The Labute approximate surface area is 124 Å². The minimum Gasteiger partial charge on any atom is -0.303 e. The van der Waals surface area contributed by atoms with Crippen molar-refractivity contribution in [2.75, 3.05) is 0 Å². The van der Waals surface area contributed by atoms with Crippen LogP contribution in [0.3, 0.4) is 0 Å². The average Bonchev–Trinajstić information content (AvgIpc) is 3.24. The first-order chi connectivity index (χ1) is 10.1. The van der Waals surface area contributed by atoms with Crippen molar-refractivity contribution < 1.29 is 13.2 Å². The van der Waals surface area contributed by atoms with E-state index in [4.69, 9.17) is 0 Å². The summed E-state index contributed by atoms with van der Waals surface area (Å²) in [4.78, 5) is 11.5. The van der Waals surface area contributed by atoms with Gasteiger partial charge in [-0.2, -0.15) is 0 Å². The second-order valence-electron chi connectivity index (χ2n) is 5.47. The lowest BCUT2D eigenvalue weighted by Gasteiger charge is -2.04. The molecule has 0 unspecified atom stereocenters. The van der Waals surface area contributed by atoms with E-state index in [0.29, 0.717) is 4.90 Å². The quantitative estimate of drug-likeness (QED) is 0.816. The summed E-state index contributed by atoms with van der Waals surface area (Å²) in [6, 6.07) is 16.2. The van der Waals surface area contributed by atoms with Gasteiger partial charge in [0, 0.05) is 11.8 Å². The number of benzene rings is 2. The van der Waals surface area contributed by atoms with E-state index in [1.165, 1.54) is 0 Å². The predicted octanol–water partition coefficient (Wildman–Crippen LogP) is 2.75. The summed E-state index contributed by atoms with van der Waals surface area (Å²) in [7, 11) is -3.47. The van der Waals surface area contributed by atoms with Gasteiger partial charge in [-0.25, -0.2) is 8.42 Å². The molecule has 4 heteroatoms. The van der Waals surface area contributed by atoms with E-state index in [1.807, 2.05) is 37.3 Å². The number of carbonyl (C=O) groups is 1. The summed E-state index contributed by atoms with van der Waals surface area (Å²) in [6.07, 6.45) is 0.772. The second-order valence-corrected chi connectivity index (χ2v) is 7.58. The Balaban J connectivity index is 1.96. The topological polar surface area (TPSA) is 51.2 Å². The lowest BCUT2D eigenvalue weighted by Crippen LogP contribution is -2.11. The zero-order chi connectivity index (χ0) is 15.0. The Morgan fingerprint density at radius 1 is 0.952 bits per heavy atom. The summed E-state index contributed by atoms with van der Waals surface area (Å²) in [5.74, 6) is -0.672. The largest absolute Gasteiger partial charge is 0.303 e. The number of hydrogen-bond donors (Lipinski definition) is 0. The molecule has 3 rings (SSSR count). The fraction of sp³-hybridized carbons (Fsp3) is 0.235. The monoisotopic (exact) mass is 300 g/mol. The van der Waals surface area contributed by atoms with Crippen LogP contribution < -0.4 is 0 Å². The van der Waals surface area contributed by atoms with Crippen LogP contribution in [-0.2, 0) is 14.6 Å². The van der Waals surface area contributed by atoms with Gasteiger partial charge >= 0.3 is 0 Å². The van der Waals surface area contributed by atoms with E-state index in [-0.39, 0.29) is 5.92 Å². The van der Waals surface area contributed by atoms with Gasteiger partial charge in [0.15, 0.2) is 9.84 Å². The first-order valence-electron chi connectivity index (χ1n) is 6.86. The van der Waals surface area contributed by atoms with Crippen molar-refractivity contribution >= 4 is 16.1 Å². The standard InChI is InChI=1S/C17H16O3S/c1-12-7-9-14(10-8-12)21(19,20)17-15(11-18)16(17)13-5-3-2-4-6-13/h2-11,15-17H,1H3/t15-,16+,17+/m1/s1. The van der Waals surface area contributed by atoms with Crippen molar-refractivity contribution in [3.63, 3.8) is 0 Å². The molecule has 2 aromatic rings. The van der Waals surface area contributed by atoms with E-state index < -0.39 is 21.0 Å². The van der Waals surface area contributed by atoms with Crippen molar-refractivity contribution in [1.29, 1.82) is 0 Å². The number of rotatable bonds is 4. The summed E-state index contributed by atoms with van der Waals surface area (Å²) >= 11 is 0. The molecule has 2 aromatic carbocycles. The van der Waals surface area contributed by atoms with E-state index in [1.54, 1.807) is 24.3 Å². The summed E-state index contributed by atoms with van der Waals surface area (Å²) in [5, 5.41) is -0.639. The van der Waals surface area contributed by atoms with E-state index in [2.05, 4.69) is 0 Å². The van der Waals surface area contributed by atoms with Gasteiger partial charge in [-0.15, -0.1) is 0 Å². The maximum absolute atomic E-state index is 12.7. The molecule has 0 aromatic heterocycles. The first-order valence-corrected chi connectivity index (χ1v) is 8.41. The predicted molar refractivity (Wildman–Crippen MR) is 80.9 cm³/mol. The highest BCUT2D eigenvalue weighted by Gasteiger charge is 2.58. The highest BCUT2D eigenvalue weighted by molar-refractivity contribution is 7.92. The molecular weight excluding hydrogens is 284 g/mol. The normalized spacial score (nSPS) is 24.5. The number of sulfone groups is 1. The third-order valence-corrected chi connectivity index (χ3v) is 6.31. The maximum Gasteiger partial charge on any atom is 0.182 e. The van der Waals surface area contributed by atoms with Gasteiger partial charge in [0.1, 0.15) is 6.29 Å². The Morgan fingerprint density at radius 2 is 1.57 bits per heavy atom. The van der Waals surface area contributed by atoms with E-state index in [9.17, 15) is 13.2 Å². The minimum atomic E-state index is -3.47. The molecule has 0 radical (unpaired) electrons. The maximum atomic E-state index is 12.7. The smallest absolute Gasteiger partial charge is 0.182 e. The molecule has 21 heavy (non-hydrogen) atoms. The van der Waals surface area contributed by atoms with Crippen molar-refractivity contribution in [2.24, 2.45) is 5.92 Å². The average molecular weight is 300 g/mol. The fourth-order valence-electron chi connectivity index (χ4n) is 2.84. The van der Waals surface area contributed by atoms with Crippen LogP contribution in [0, 0.1) is 12.8 Å². The minimum absolute atomic E-state index is 0.227. The molecule has 1 aliphatic carbocycles. The molecule has 1 saturated carbocycles. The molecule has 0 saturated heterocycles. The molecule has 0 spiro atoms. The van der Waals surface area contributed by atoms with Crippen molar-refractivity contribution in [1.82, 2.24) is 0 Å². The molecule has 0 aliphatic heterocycles. The number of aldehydes is 1. The van der Waals surface area contributed by atoms with Crippen molar-refractivity contribution in [3.8, 4) is 0 Å². The van der Waals surface area contributed by atoms with Crippen molar-refractivity contribution in [3.05, 3.63) is 65.7 Å². The van der Waals surface area contributed by atoms with E-state index >= 15 is 0 Å². The first kappa shape index (κ1) is 14.0. The number of aryl methyl sites for hydroxylation is 1. The molecule has 108 valence electrons. The molecule has 1 fully saturated rings. The van der Waals surface area contributed by atoms with Crippen molar-refractivity contribution in [2.45, 2.75) is 23.0 Å². The molecular formula is C17H16O3S. The van der Waals surface area contributed by atoms with Gasteiger partial charge in [-0.1, -0.05) is 48.0 Å². The Hall–Kier alpha value is -1.94. The van der Waals surface area contributed by atoms with Gasteiger partial charge in [0.05, 0.1) is 10.1 Å². The molecule has 3 nitrogen and oxygen atoms in total. The van der Waals surface area contributed by atoms with Crippen LogP contribution in [0.5, 0.6) is 0 Å². The zero-order valence-electron chi connectivity index (χ0n) is 11.6. The Kier molecular flexibility index (Phi) is 3.41. The molecule has 0 bridgehead atoms. The van der Waals surface area contributed by atoms with Gasteiger partial charge in [-0.05, 0) is 24.6 Å². The lowest BCUT2D eigenvalue weighted by molar-refractivity contribution is -0.108. The SMILES string of the molecule is Cc1ccc(S(=O)(=O)[C@H]2[C@H](C=O)[C@@H]2c2ccccc2)cc1. The Morgan fingerprint density at radius 3 is 2.14 bits per heavy atom. The van der Waals surface area contributed by atoms with Crippen LogP contribution in [0.1, 0.15) is 17.0 Å². The van der Waals surface area contributed by atoms with E-state index in [0.717, 1.165) is 17.4 Å². The lowest BCUT2D eigenvalue weighted by atomic mass is 10.1. The van der Waals surface area contributed by atoms with Crippen LogP contribution in [0.25, 0.3) is 0 Å². The van der Waals surface area contributed by atoms with Crippen LogP contribution in [0.4, 0.5) is 0 Å². The van der Waals surface area contributed by atoms with Crippen LogP contribution >= 0.6 is 0 Å². The molecule has 0 heterocycles. The van der Waals surface area contributed by atoms with Gasteiger partial charge in [0.2, 0.25) is 0 Å². The van der Waals surface area contributed by atoms with Gasteiger partial charge in [0.25, 0.3) is 0 Å². The molecule has 0 amide bonds. The second kappa shape index (κ2) is 5.11. The van der Waals surface area contributed by atoms with Gasteiger partial charge < -0.3 is 4.79 Å². The molecule has 3 atom stereocenters. The third kappa shape index (κ3) is 2.40. The van der Waals surface area contributed by atoms with Crippen LogP contribution in [0.2, 0.25) is 0 Å². The summed E-state index contributed by atoms with van der Waals surface area (Å²) in [5.41, 5.74) is 1.92. The molecule has 1 aliphatic rings.